The third kappa shape index (κ3) is 2.96. The molecule has 0 bridgehead atoms. The van der Waals surface area contributed by atoms with Crippen molar-refractivity contribution < 1.29 is 0 Å². The minimum absolute atomic E-state index is 0.362. The van der Waals surface area contributed by atoms with Crippen molar-refractivity contribution in [3.63, 3.8) is 0 Å². The number of aromatic nitrogens is 2. The fourth-order valence-electron chi connectivity index (χ4n) is 2.32. The summed E-state index contributed by atoms with van der Waals surface area (Å²) in [5.74, 6) is 1.59. The molecule has 0 aliphatic heterocycles. The van der Waals surface area contributed by atoms with Crippen molar-refractivity contribution in [3.05, 3.63) is 29.6 Å². The molecule has 0 amide bonds. The van der Waals surface area contributed by atoms with Gasteiger partial charge in [-0.3, -0.25) is 0 Å². The smallest absolute Gasteiger partial charge is 0.106 e. The van der Waals surface area contributed by atoms with Crippen LogP contribution in [0.25, 0.3) is 11.0 Å². The van der Waals surface area contributed by atoms with Crippen molar-refractivity contribution >= 4 is 11.0 Å². The van der Waals surface area contributed by atoms with Crippen LogP contribution < -0.4 is 11.1 Å². The fraction of sp³-hybridized carbons (Fsp3) is 0.533. The molecule has 4 nitrogen and oxygen atoms in total. The van der Waals surface area contributed by atoms with Crippen molar-refractivity contribution in [1.82, 2.24) is 14.9 Å². The second-order valence-electron chi connectivity index (χ2n) is 5.51. The van der Waals surface area contributed by atoms with Crippen LogP contribution in [-0.4, -0.2) is 22.1 Å². The van der Waals surface area contributed by atoms with Crippen LogP contribution in [0.15, 0.2) is 18.2 Å². The van der Waals surface area contributed by atoms with E-state index >= 15 is 0 Å². The Hall–Kier alpha value is -1.39. The number of nitrogens with two attached hydrogens (primary N) is 1. The third-order valence-corrected chi connectivity index (χ3v) is 3.80. The van der Waals surface area contributed by atoms with Crippen molar-refractivity contribution in [2.75, 3.05) is 6.54 Å². The summed E-state index contributed by atoms with van der Waals surface area (Å²) in [6, 6.07) is 6.81. The topological polar surface area (TPSA) is 55.9 Å². The molecule has 0 saturated heterocycles. The molecular formula is C15H24N4. The minimum Gasteiger partial charge on any atom is -0.331 e. The summed E-state index contributed by atoms with van der Waals surface area (Å²) in [4.78, 5) is 4.57. The van der Waals surface area contributed by atoms with Gasteiger partial charge in [0.15, 0.2) is 0 Å². The molecule has 3 N–H and O–H groups in total. The number of rotatable bonds is 5. The molecule has 1 unspecified atom stereocenters. The van der Waals surface area contributed by atoms with Crippen LogP contribution in [0.5, 0.6) is 0 Å². The van der Waals surface area contributed by atoms with Crippen LogP contribution in [0.3, 0.4) is 0 Å². The maximum Gasteiger partial charge on any atom is 0.106 e. The summed E-state index contributed by atoms with van der Waals surface area (Å²) in [5.41, 5.74) is 9.27. The van der Waals surface area contributed by atoms with E-state index in [2.05, 4.69) is 46.9 Å². The van der Waals surface area contributed by atoms with E-state index in [1.807, 2.05) is 14.0 Å². The predicted molar refractivity (Wildman–Crippen MR) is 80.0 cm³/mol. The van der Waals surface area contributed by atoms with Crippen LogP contribution in [0, 0.1) is 12.8 Å². The lowest BCUT2D eigenvalue weighted by Gasteiger charge is -2.20. The zero-order valence-electron chi connectivity index (χ0n) is 12.3. The van der Waals surface area contributed by atoms with Gasteiger partial charge < -0.3 is 15.6 Å². The van der Waals surface area contributed by atoms with Gasteiger partial charge in [-0.05, 0) is 30.5 Å². The van der Waals surface area contributed by atoms with E-state index in [0.29, 0.717) is 18.5 Å². The Morgan fingerprint density at radius 3 is 2.74 bits per heavy atom. The van der Waals surface area contributed by atoms with E-state index in [9.17, 15) is 0 Å². The highest BCUT2D eigenvalue weighted by Gasteiger charge is 2.11. The van der Waals surface area contributed by atoms with E-state index in [1.165, 1.54) is 11.1 Å². The Kier molecular flexibility index (Phi) is 4.22. The van der Waals surface area contributed by atoms with Gasteiger partial charge in [0.05, 0.1) is 11.0 Å². The standard InChI is InChI=1S/C15H24N4/c1-10(2)14(8-16)17-9-12-5-6-15-13(7-12)18-11(3)19(15)4/h5-7,10,14,17H,8-9,16H2,1-4H3. The van der Waals surface area contributed by atoms with Crippen LogP contribution >= 0.6 is 0 Å². The SMILES string of the molecule is Cc1nc2cc(CNC(CN)C(C)C)ccc2n1C. The Labute approximate surface area is 115 Å². The normalized spacial score (nSPS) is 13.4. The van der Waals surface area contributed by atoms with Gasteiger partial charge >= 0.3 is 0 Å². The first-order chi connectivity index (χ1) is 9.02. The van der Waals surface area contributed by atoms with E-state index in [-0.39, 0.29) is 0 Å². The van der Waals surface area contributed by atoms with Gasteiger partial charge in [-0.25, -0.2) is 4.98 Å². The minimum atomic E-state index is 0.362. The molecule has 0 fully saturated rings. The summed E-state index contributed by atoms with van der Waals surface area (Å²) in [5, 5.41) is 3.51. The van der Waals surface area contributed by atoms with E-state index in [0.717, 1.165) is 17.9 Å². The molecule has 1 aromatic carbocycles. The van der Waals surface area contributed by atoms with Gasteiger partial charge in [0, 0.05) is 26.2 Å². The summed E-state index contributed by atoms with van der Waals surface area (Å²) in [6.45, 7) is 7.92. The zero-order valence-corrected chi connectivity index (χ0v) is 12.3. The van der Waals surface area contributed by atoms with Crippen LogP contribution in [0.4, 0.5) is 0 Å². The Balaban J connectivity index is 2.13. The van der Waals surface area contributed by atoms with E-state index in [1.54, 1.807) is 0 Å². The van der Waals surface area contributed by atoms with Crippen molar-refractivity contribution in [2.24, 2.45) is 18.7 Å². The summed E-state index contributed by atoms with van der Waals surface area (Å²) in [6.07, 6.45) is 0. The van der Waals surface area contributed by atoms with Crippen LogP contribution in [-0.2, 0) is 13.6 Å². The van der Waals surface area contributed by atoms with Gasteiger partial charge in [0.1, 0.15) is 5.82 Å². The largest absolute Gasteiger partial charge is 0.331 e. The van der Waals surface area contributed by atoms with E-state index < -0.39 is 0 Å². The number of imidazole rings is 1. The van der Waals surface area contributed by atoms with Crippen molar-refractivity contribution in [3.8, 4) is 0 Å². The number of benzene rings is 1. The predicted octanol–water partition coefficient (Wildman–Crippen LogP) is 1.95. The molecule has 0 aliphatic carbocycles. The maximum absolute atomic E-state index is 5.77. The van der Waals surface area contributed by atoms with Crippen LogP contribution in [0.2, 0.25) is 0 Å². The monoisotopic (exact) mass is 260 g/mol. The van der Waals surface area contributed by atoms with E-state index in [4.69, 9.17) is 5.73 Å². The quantitative estimate of drug-likeness (QED) is 0.864. The zero-order chi connectivity index (χ0) is 14.0. The number of nitrogens with zero attached hydrogens (tertiary/aromatic N) is 2. The number of aryl methyl sites for hydroxylation is 2. The van der Waals surface area contributed by atoms with Gasteiger partial charge in [0.25, 0.3) is 0 Å². The fourth-order valence-corrected chi connectivity index (χ4v) is 2.32. The number of nitrogens with one attached hydrogen (secondary N) is 1. The summed E-state index contributed by atoms with van der Waals surface area (Å²) in [7, 11) is 2.05. The number of hydrogen-bond donors (Lipinski definition) is 2. The highest BCUT2D eigenvalue weighted by Crippen LogP contribution is 2.16. The van der Waals surface area contributed by atoms with Gasteiger partial charge in [-0.1, -0.05) is 19.9 Å². The van der Waals surface area contributed by atoms with Gasteiger partial charge in [-0.2, -0.15) is 0 Å². The molecule has 0 aliphatic rings. The average molecular weight is 260 g/mol. The summed E-state index contributed by atoms with van der Waals surface area (Å²) >= 11 is 0. The molecule has 4 heteroatoms. The average Bonchev–Trinajstić information content (AvgIpc) is 2.65. The highest BCUT2D eigenvalue weighted by molar-refractivity contribution is 5.76. The molecule has 0 saturated carbocycles. The molecule has 1 atom stereocenters. The molecule has 2 rings (SSSR count). The Bertz CT molecular complexity index is 557. The first-order valence-electron chi connectivity index (χ1n) is 6.88. The van der Waals surface area contributed by atoms with Crippen molar-refractivity contribution in [1.29, 1.82) is 0 Å². The van der Waals surface area contributed by atoms with Crippen LogP contribution in [0.1, 0.15) is 25.2 Å². The van der Waals surface area contributed by atoms with Gasteiger partial charge in [-0.15, -0.1) is 0 Å². The molecule has 0 radical (unpaired) electrons. The maximum atomic E-state index is 5.77. The Morgan fingerprint density at radius 2 is 2.11 bits per heavy atom. The highest BCUT2D eigenvalue weighted by atomic mass is 15.0. The number of fused-ring (bicyclic) bond motifs is 1. The molecule has 104 valence electrons. The number of hydrogen-bond acceptors (Lipinski definition) is 3. The molecular weight excluding hydrogens is 236 g/mol. The third-order valence-electron chi connectivity index (χ3n) is 3.80. The lowest BCUT2D eigenvalue weighted by atomic mass is 10.0. The molecule has 19 heavy (non-hydrogen) atoms. The van der Waals surface area contributed by atoms with Gasteiger partial charge in [0.2, 0.25) is 0 Å². The second-order valence-corrected chi connectivity index (χ2v) is 5.51. The lowest BCUT2D eigenvalue weighted by molar-refractivity contribution is 0.405. The van der Waals surface area contributed by atoms with Crippen molar-refractivity contribution in [2.45, 2.75) is 33.4 Å². The molecule has 1 aromatic heterocycles. The first kappa shape index (κ1) is 14.0. The second kappa shape index (κ2) is 5.72. The summed E-state index contributed by atoms with van der Waals surface area (Å²) < 4.78 is 2.11. The molecule has 2 aromatic rings. The molecule has 1 heterocycles. The molecule has 0 spiro atoms. The first-order valence-corrected chi connectivity index (χ1v) is 6.88. The lowest BCUT2D eigenvalue weighted by Crippen LogP contribution is -2.39. The Morgan fingerprint density at radius 1 is 1.37 bits per heavy atom.